The zero-order chi connectivity index (χ0) is 0. The van der Waals surface area contributed by atoms with Gasteiger partial charge in [-0.25, -0.2) is 0 Å². The minimum absolute atomic E-state index is 0. The van der Waals surface area contributed by atoms with Crippen LogP contribution in [0.2, 0.25) is 0 Å². The molecule has 0 saturated carbocycles. The van der Waals surface area contributed by atoms with E-state index in [9.17, 15) is 0 Å². The van der Waals surface area contributed by atoms with Crippen molar-refractivity contribution < 1.29 is 25.0 Å². The molecular weight excluding hydrogens is 121 g/mol. The number of hydrogen-bond acceptors (Lipinski definition) is 0. The third-order valence-electron chi connectivity index (χ3n) is 0. The maximum atomic E-state index is 0. The van der Waals surface area contributed by atoms with Crippen LogP contribution in [0.1, 0.15) is 7.43 Å². The summed E-state index contributed by atoms with van der Waals surface area (Å²) in [5.74, 6) is 0. The Bertz CT molecular complexity index is 8.00. The predicted molar refractivity (Wildman–Crippen MR) is 21.7 cm³/mol. The second-order valence-electron chi connectivity index (χ2n) is 0. The van der Waals surface area contributed by atoms with Gasteiger partial charge in [-0.1, -0.05) is 7.43 Å². The van der Waals surface area contributed by atoms with Crippen LogP contribution in [0.4, 0.5) is 0 Å². The fourth-order valence-corrected chi connectivity index (χ4v) is 0. The van der Waals surface area contributed by atoms with E-state index in [0.717, 1.165) is 0 Å². The molecule has 0 radical (unpaired) electrons. The molecule has 0 aliphatic rings. The van der Waals surface area contributed by atoms with Crippen molar-refractivity contribution in [3.63, 3.8) is 0 Å². The van der Waals surface area contributed by atoms with Crippen LogP contribution in [0.15, 0.2) is 0 Å². The molecule has 0 aliphatic heterocycles. The van der Waals surface area contributed by atoms with Gasteiger partial charge in [-0.3, -0.25) is 0 Å². The van der Waals surface area contributed by atoms with Crippen molar-refractivity contribution in [2.45, 2.75) is 7.43 Å². The van der Waals surface area contributed by atoms with Gasteiger partial charge >= 0.3 is 0 Å². The molecule has 0 rings (SSSR count). The Morgan fingerprint density at radius 1 is 1.00 bits per heavy atom. The van der Waals surface area contributed by atoms with Gasteiger partial charge in [0.25, 0.3) is 0 Å². The molecule has 3 heteroatoms. The third-order valence-corrected chi connectivity index (χ3v) is 0. The van der Waals surface area contributed by atoms with Crippen molar-refractivity contribution >= 4 is 11.0 Å². The minimum atomic E-state index is 0. The molecule has 0 heterocycles. The molecular formula is CH10OSiZn. The monoisotopic (exact) mass is 130 g/mol. The Hall–Kier alpha value is 0.800. The fraction of sp³-hybridized carbons (Fsp3) is 1.00. The van der Waals surface area contributed by atoms with E-state index >= 15 is 0 Å². The first-order valence-electron chi connectivity index (χ1n) is 0. The first kappa shape index (κ1) is 108. The second-order valence-corrected chi connectivity index (χ2v) is 0. The summed E-state index contributed by atoms with van der Waals surface area (Å²) < 4.78 is 0. The van der Waals surface area contributed by atoms with E-state index in [1.54, 1.807) is 0 Å². The summed E-state index contributed by atoms with van der Waals surface area (Å²) in [5, 5.41) is 0. The molecule has 0 spiro atoms. The van der Waals surface area contributed by atoms with Crippen molar-refractivity contribution in [2.75, 3.05) is 0 Å². The number of rotatable bonds is 0. The van der Waals surface area contributed by atoms with Crippen molar-refractivity contribution in [3.05, 3.63) is 0 Å². The van der Waals surface area contributed by atoms with Crippen LogP contribution in [0.25, 0.3) is 0 Å². The van der Waals surface area contributed by atoms with E-state index in [1.807, 2.05) is 0 Å². The first-order chi connectivity index (χ1) is 0. The second kappa shape index (κ2) is 46.5. The SMILES string of the molecule is C.O.[SiH4].[Zn]. The maximum Gasteiger partial charge on any atom is 0 e. The molecule has 0 aromatic heterocycles. The van der Waals surface area contributed by atoms with Gasteiger partial charge in [-0.15, -0.1) is 0 Å². The van der Waals surface area contributed by atoms with Crippen molar-refractivity contribution in [3.8, 4) is 0 Å². The maximum absolute atomic E-state index is 0. The Balaban J connectivity index is 0. The molecule has 0 fully saturated rings. The standard InChI is InChI=1S/CH4.H2O.H4Si.Zn/h1H4;1H2;1H4;. The van der Waals surface area contributed by atoms with E-state index in [-0.39, 0.29) is 43.3 Å². The Kier molecular flexibility index (Phi) is 1260. The van der Waals surface area contributed by atoms with Crippen molar-refractivity contribution in [1.29, 1.82) is 0 Å². The van der Waals surface area contributed by atoms with Crippen LogP contribution < -0.4 is 0 Å². The smallest absolute Gasteiger partial charge is 0 e. The van der Waals surface area contributed by atoms with E-state index < -0.39 is 0 Å². The van der Waals surface area contributed by atoms with Crippen LogP contribution in [0, 0.1) is 0 Å². The van der Waals surface area contributed by atoms with Crippen molar-refractivity contribution in [1.82, 2.24) is 0 Å². The molecule has 26 valence electrons. The summed E-state index contributed by atoms with van der Waals surface area (Å²) in [6.45, 7) is 0. The van der Waals surface area contributed by atoms with Gasteiger partial charge in [0.05, 0.1) is 0 Å². The van der Waals surface area contributed by atoms with E-state index in [0.29, 0.717) is 0 Å². The molecule has 0 unspecified atom stereocenters. The molecule has 4 heavy (non-hydrogen) atoms. The molecule has 1 nitrogen and oxygen atoms in total. The first-order valence-corrected chi connectivity index (χ1v) is 0. The van der Waals surface area contributed by atoms with Crippen LogP contribution >= 0.6 is 0 Å². The topological polar surface area (TPSA) is 31.5 Å². The van der Waals surface area contributed by atoms with E-state index in [2.05, 4.69) is 0 Å². The van der Waals surface area contributed by atoms with Crippen LogP contribution in [0.5, 0.6) is 0 Å². The summed E-state index contributed by atoms with van der Waals surface area (Å²) in [5.41, 5.74) is 0. The van der Waals surface area contributed by atoms with E-state index in [4.69, 9.17) is 0 Å². The fourth-order valence-electron chi connectivity index (χ4n) is 0. The average Bonchev–Trinajstić information content (AvgIpc) is 0. The molecule has 0 bridgehead atoms. The summed E-state index contributed by atoms with van der Waals surface area (Å²) in [6.07, 6.45) is 0. The minimum Gasteiger partial charge on any atom is -0.412 e. The van der Waals surface area contributed by atoms with Gasteiger partial charge in [-0.05, 0) is 11.0 Å². The summed E-state index contributed by atoms with van der Waals surface area (Å²) in [4.78, 5) is 0. The normalized spacial score (nSPS) is 0. The zero-order valence-electron chi connectivity index (χ0n) is 1.21. The van der Waals surface area contributed by atoms with Crippen LogP contribution in [-0.4, -0.2) is 16.4 Å². The number of hydrogen-bond donors (Lipinski definition) is 0. The Morgan fingerprint density at radius 2 is 1.00 bits per heavy atom. The van der Waals surface area contributed by atoms with Crippen LogP contribution in [-0.2, 0) is 19.5 Å². The molecule has 0 atom stereocenters. The van der Waals surface area contributed by atoms with Crippen LogP contribution in [0.3, 0.4) is 0 Å². The van der Waals surface area contributed by atoms with Gasteiger partial charge in [0.2, 0.25) is 0 Å². The predicted octanol–water partition coefficient (Wildman–Crippen LogP) is -1.64. The van der Waals surface area contributed by atoms with Gasteiger partial charge < -0.3 is 5.48 Å². The molecule has 0 aromatic rings. The zero-order valence-corrected chi connectivity index (χ0v) is 4.17. The average molecular weight is 132 g/mol. The Morgan fingerprint density at radius 3 is 1.00 bits per heavy atom. The van der Waals surface area contributed by atoms with E-state index in [1.165, 1.54) is 0 Å². The molecule has 2 N–H and O–H groups in total. The molecule has 0 saturated heterocycles. The third kappa shape index (κ3) is 14.2. The summed E-state index contributed by atoms with van der Waals surface area (Å²) in [6, 6.07) is 0. The van der Waals surface area contributed by atoms with Crippen molar-refractivity contribution in [2.24, 2.45) is 0 Å². The quantitative estimate of drug-likeness (QED) is 0.353. The van der Waals surface area contributed by atoms with Gasteiger partial charge in [0.1, 0.15) is 0 Å². The Labute approximate surface area is 43.9 Å². The van der Waals surface area contributed by atoms with Gasteiger partial charge in [0, 0.05) is 19.5 Å². The van der Waals surface area contributed by atoms with Gasteiger partial charge in [-0.2, -0.15) is 0 Å². The summed E-state index contributed by atoms with van der Waals surface area (Å²) in [7, 11) is 0. The molecule has 0 aliphatic carbocycles. The largest absolute Gasteiger partial charge is 0.412 e. The summed E-state index contributed by atoms with van der Waals surface area (Å²) >= 11 is 0. The van der Waals surface area contributed by atoms with Gasteiger partial charge in [0.15, 0.2) is 0 Å². The molecule has 0 amide bonds. The molecule has 0 aromatic carbocycles.